The highest BCUT2D eigenvalue weighted by atomic mass is 32.2. The molecule has 2 aromatic rings. The van der Waals surface area contributed by atoms with Gasteiger partial charge >= 0.3 is 11.9 Å². The molecule has 13 heteroatoms. The second-order valence-corrected chi connectivity index (χ2v) is 9.09. The summed E-state index contributed by atoms with van der Waals surface area (Å²) in [7, 11) is 0. The first-order valence-corrected chi connectivity index (χ1v) is 11.9. The van der Waals surface area contributed by atoms with Crippen molar-refractivity contribution in [2.75, 3.05) is 30.0 Å². The number of ether oxygens (including phenoxy) is 2. The molecule has 0 saturated carbocycles. The lowest BCUT2D eigenvalue weighted by Gasteiger charge is -2.18. The zero-order valence-electron chi connectivity index (χ0n) is 18.7. The Morgan fingerprint density at radius 2 is 1.94 bits per heavy atom. The summed E-state index contributed by atoms with van der Waals surface area (Å²) in [6.07, 6.45) is 0.384. The maximum Gasteiger partial charge on any atom is 0.350 e. The third-order valence-corrected chi connectivity index (χ3v) is 6.05. The molecule has 0 aliphatic carbocycles. The van der Waals surface area contributed by atoms with Gasteiger partial charge in [0, 0.05) is 0 Å². The summed E-state index contributed by atoms with van der Waals surface area (Å²) in [5, 5.41) is 11.1. The molecule has 0 fully saturated rings. The summed E-state index contributed by atoms with van der Waals surface area (Å²) >= 11 is 2.13. The monoisotopic (exact) mass is 484 g/mol. The molecule has 0 bridgehead atoms. The van der Waals surface area contributed by atoms with E-state index in [0.29, 0.717) is 28.8 Å². The topological polar surface area (TPSA) is 151 Å². The van der Waals surface area contributed by atoms with Crippen LogP contribution in [0.4, 0.5) is 11.1 Å². The fourth-order valence-corrected chi connectivity index (χ4v) is 4.28. The highest BCUT2D eigenvalue weighted by molar-refractivity contribution is 7.99. The number of anilines is 2. The Morgan fingerprint density at radius 1 is 1.22 bits per heavy atom. The van der Waals surface area contributed by atoms with Crippen molar-refractivity contribution in [1.82, 2.24) is 19.7 Å². The van der Waals surface area contributed by atoms with Crippen LogP contribution in [0.5, 0.6) is 0 Å². The Labute approximate surface area is 194 Å². The van der Waals surface area contributed by atoms with E-state index in [1.165, 1.54) is 4.57 Å². The van der Waals surface area contributed by atoms with Gasteiger partial charge in [-0.05, 0) is 26.2 Å². The lowest BCUT2D eigenvalue weighted by Crippen LogP contribution is -2.27. The van der Waals surface area contributed by atoms with Gasteiger partial charge in [0.25, 0.3) is 0 Å². The van der Waals surface area contributed by atoms with Gasteiger partial charge in [0.2, 0.25) is 11.9 Å². The number of esters is 2. The van der Waals surface area contributed by atoms with Crippen LogP contribution in [-0.2, 0) is 19.1 Å². The minimum Gasteiger partial charge on any atom is -0.465 e. The van der Waals surface area contributed by atoms with Crippen molar-refractivity contribution in [3.63, 3.8) is 0 Å². The van der Waals surface area contributed by atoms with E-state index in [-0.39, 0.29) is 29.4 Å². The van der Waals surface area contributed by atoms with Crippen molar-refractivity contribution < 1.29 is 23.9 Å². The second-order valence-electron chi connectivity index (χ2n) is 7.14. The van der Waals surface area contributed by atoms with E-state index in [1.807, 2.05) is 20.8 Å². The highest BCUT2D eigenvalue weighted by Gasteiger charge is 2.27. The van der Waals surface area contributed by atoms with E-state index in [2.05, 4.69) is 20.5 Å². The van der Waals surface area contributed by atoms with Gasteiger partial charge < -0.3 is 20.5 Å². The zero-order valence-corrected chi connectivity index (χ0v) is 20.3. The molecule has 1 unspecified atom stereocenters. The lowest BCUT2D eigenvalue weighted by atomic mass is 10.2. The molecule has 176 valence electrons. The number of nitrogens with one attached hydrogen (secondary N) is 1. The van der Waals surface area contributed by atoms with E-state index in [9.17, 15) is 14.4 Å². The fraction of sp³-hybridized carbons (Fsp3) is 0.579. The molecule has 0 aliphatic rings. The second kappa shape index (κ2) is 11.8. The van der Waals surface area contributed by atoms with Crippen LogP contribution in [0.1, 0.15) is 55.5 Å². The van der Waals surface area contributed by atoms with Crippen molar-refractivity contribution in [1.29, 1.82) is 0 Å². The number of aromatic nitrogens is 4. The molecule has 11 nitrogen and oxygen atoms in total. The molecule has 0 aliphatic heterocycles. The molecule has 1 amide bonds. The standard InChI is InChI=1S/C19H28N6O5S2/c1-6-12(25-17(20)23-24-19(25)31-9-13(26)29-7-2)15(27)22-18-21-11(5)14(32-18)16(28)30-8-10(3)4/h10,12H,6-9H2,1-5H3,(H2,20,23)(H,21,22,27). The Balaban J connectivity index is 2.14. The van der Waals surface area contributed by atoms with Crippen molar-refractivity contribution in [3.05, 3.63) is 10.6 Å². The summed E-state index contributed by atoms with van der Waals surface area (Å²) in [5.74, 6) is -1.00. The number of nitrogens with zero attached hydrogens (tertiary/aromatic N) is 4. The molecule has 2 heterocycles. The van der Waals surface area contributed by atoms with Gasteiger partial charge in [-0.1, -0.05) is 43.9 Å². The molecule has 1 atom stereocenters. The molecule has 3 N–H and O–H groups in total. The normalized spacial score (nSPS) is 11.9. The van der Waals surface area contributed by atoms with Crippen LogP contribution >= 0.6 is 23.1 Å². The Hall–Kier alpha value is -2.67. The Kier molecular flexibility index (Phi) is 9.44. The SMILES string of the molecule is CCOC(=O)CSc1nnc(N)n1C(CC)C(=O)Nc1nc(C)c(C(=O)OCC(C)C)s1. The van der Waals surface area contributed by atoms with Gasteiger partial charge in [-0.25, -0.2) is 9.78 Å². The quantitative estimate of drug-likeness (QED) is 0.360. The third-order valence-electron chi connectivity index (χ3n) is 4.08. The largest absolute Gasteiger partial charge is 0.465 e. The number of hydrogen-bond donors (Lipinski definition) is 2. The van der Waals surface area contributed by atoms with Gasteiger partial charge in [-0.15, -0.1) is 10.2 Å². The molecule has 0 aromatic carbocycles. The predicted octanol–water partition coefficient (Wildman–Crippen LogP) is 2.68. The first-order chi connectivity index (χ1) is 15.2. The number of nitrogens with two attached hydrogens (primary N) is 1. The Morgan fingerprint density at radius 3 is 2.56 bits per heavy atom. The van der Waals surface area contributed by atoms with Gasteiger partial charge in [-0.3, -0.25) is 14.2 Å². The Bertz CT molecular complexity index is 958. The molecule has 2 aromatic heterocycles. The van der Waals surface area contributed by atoms with Crippen molar-refractivity contribution >= 4 is 52.0 Å². The minimum absolute atomic E-state index is 0.0115. The molecular weight excluding hydrogens is 456 g/mol. The summed E-state index contributed by atoms with van der Waals surface area (Å²) in [4.78, 5) is 41.5. The van der Waals surface area contributed by atoms with Crippen molar-refractivity contribution in [2.45, 2.75) is 52.2 Å². The highest BCUT2D eigenvalue weighted by Crippen LogP contribution is 2.28. The number of aryl methyl sites for hydroxylation is 1. The number of carbonyl (C=O) groups is 3. The first kappa shape index (κ1) is 25.6. The molecule has 0 saturated heterocycles. The predicted molar refractivity (Wildman–Crippen MR) is 122 cm³/mol. The van der Waals surface area contributed by atoms with Crippen LogP contribution in [0.3, 0.4) is 0 Å². The average Bonchev–Trinajstić information content (AvgIpc) is 3.28. The van der Waals surface area contributed by atoms with E-state index in [0.717, 1.165) is 23.1 Å². The number of carbonyl (C=O) groups excluding carboxylic acids is 3. The zero-order chi connectivity index (χ0) is 23.8. The number of thioether (sulfide) groups is 1. The minimum atomic E-state index is -0.741. The van der Waals surface area contributed by atoms with Crippen LogP contribution < -0.4 is 11.1 Å². The van der Waals surface area contributed by atoms with Crippen LogP contribution in [0.25, 0.3) is 0 Å². The van der Waals surface area contributed by atoms with E-state index in [1.54, 1.807) is 13.8 Å². The van der Waals surface area contributed by atoms with Crippen LogP contribution in [0.2, 0.25) is 0 Å². The third kappa shape index (κ3) is 6.66. The first-order valence-electron chi connectivity index (χ1n) is 10.1. The molecule has 0 spiro atoms. The number of nitrogen functional groups attached to an aromatic ring is 1. The van der Waals surface area contributed by atoms with Crippen LogP contribution in [0, 0.1) is 12.8 Å². The van der Waals surface area contributed by atoms with E-state index < -0.39 is 23.9 Å². The van der Waals surface area contributed by atoms with Crippen molar-refractivity contribution in [2.24, 2.45) is 5.92 Å². The average molecular weight is 485 g/mol. The maximum atomic E-state index is 13.0. The summed E-state index contributed by atoms with van der Waals surface area (Å²) in [6.45, 7) is 9.67. The molecule has 2 rings (SSSR count). The van der Waals surface area contributed by atoms with E-state index >= 15 is 0 Å². The van der Waals surface area contributed by atoms with Gasteiger partial charge in [0.05, 0.1) is 24.7 Å². The van der Waals surface area contributed by atoms with Crippen molar-refractivity contribution in [3.8, 4) is 0 Å². The fourth-order valence-electron chi connectivity index (χ4n) is 2.63. The summed E-state index contributed by atoms with van der Waals surface area (Å²) < 4.78 is 11.6. The van der Waals surface area contributed by atoms with Gasteiger partial charge in [-0.2, -0.15) is 0 Å². The van der Waals surface area contributed by atoms with E-state index in [4.69, 9.17) is 15.2 Å². The summed E-state index contributed by atoms with van der Waals surface area (Å²) in [5.41, 5.74) is 6.42. The smallest absolute Gasteiger partial charge is 0.350 e. The maximum absolute atomic E-state index is 13.0. The summed E-state index contributed by atoms with van der Waals surface area (Å²) in [6, 6.07) is -0.741. The van der Waals surface area contributed by atoms with Gasteiger partial charge in [0.15, 0.2) is 10.3 Å². The number of rotatable bonds is 11. The number of thiazole rings is 1. The number of hydrogen-bond acceptors (Lipinski definition) is 11. The van der Waals surface area contributed by atoms with Gasteiger partial charge in [0.1, 0.15) is 10.9 Å². The molecule has 0 radical (unpaired) electrons. The molecule has 32 heavy (non-hydrogen) atoms. The number of amides is 1. The van der Waals surface area contributed by atoms with Crippen LogP contribution in [0.15, 0.2) is 5.16 Å². The lowest BCUT2D eigenvalue weighted by molar-refractivity contribution is -0.139. The van der Waals surface area contributed by atoms with Crippen LogP contribution in [-0.4, -0.2) is 56.6 Å². The molecular formula is C19H28N6O5S2.